The van der Waals surface area contributed by atoms with Crippen LogP contribution in [0.25, 0.3) is 10.1 Å². The summed E-state index contributed by atoms with van der Waals surface area (Å²) in [6.45, 7) is 0. The van der Waals surface area contributed by atoms with Gasteiger partial charge in [-0.05, 0) is 83.3 Å². The first kappa shape index (κ1) is 15.2. The summed E-state index contributed by atoms with van der Waals surface area (Å²) in [7, 11) is 2.01. The van der Waals surface area contributed by atoms with Crippen LogP contribution in [0.15, 0.2) is 42.4 Å². The number of hydrogen-bond acceptors (Lipinski definition) is 3. The Bertz CT molecular complexity index is 743. The summed E-state index contributed by atoms with van der Waals surface area (Å²) in [5, 5.41) is 6.99. The molecule has 1 N–H and O–H groups in total. The first-order valence-corrected chi connectivity index (χ1v) is 9.97. The molecule has 3 aromatic rings. The van der Waals surface area contributed by atoms with Gasteiger partial charge in [-0.3, -0.25) is 0 Å². The molecule has 104 valence electrons. The predicted molar refractivity (Wildman–Crippen MR) is 100 cm³/mol. The van der Waals surface area contributed by atoms with Gasteiger partial charge in [-0.1, -0.05) is 12.1 Å². The Labute approximate surface area is 150 Å². The van der Waals surface area contributed by atoms with Crippen LogP contribution in [0.2, 0.25) is 0 Å². The van der Waals surface area contributed by atoms with Crippen LogP contribution in [0.1, 0.15) is 16.5 Å². The predicted octanol–water partition coefficient (Wildman–Crippen LogP) is 6.56. The van der Waals surface area contributed by atoms with E-state index in [9.17, 15) is 0 Å². The quantitative estimate of drug-likeness (QED) is 0.434. The summed E-state index contributed by atoms with van der Waals surface area (Å²) in [5.41, 5.74) is 1.33. The molecule has 0 fully saturated rings. The van der Waals surface area contributed by atoms with Crippen molar-refractivity contribution in [1.82, 2.24) is 5.32 Å². The van der Waals surface area contributed by atoms with Gasteiger partial charge in [-0.2, -0.15) is 0 Å². The van der Waals surface area contributed by atoms with E-state index in [0.717, 1.165) is 12.7 Å². The summed E-state index contributed by atoms with van der Waals surface area (Å²) in [5.74, 6) is 0. The minimum Gasteiger partial charge on any atom is -0.309 e. The lowest BCUT2D eigenvalue weighted by Crippen LogP contribution is -2.15. The standard InChI is InChI=1S/C14H10Br3NS2/c1-18-12(11-5-10(16)14(17)20-11)8-6-19-13-7(8)3-2-4-9(13)15/h2-6,12,18H,1H3. The lowest BCUT2D eigenvalue weighted by atomic mass is 10.0. The Hall–Kier alpha value is 0.280. The van der Waals surface area contributed by atoms with E-state index in [-0.39, 0.29) is 6.04 Å². The molecule has 0 bridgehead atoms. The lowest BCUT2D eigenvalue weighted by molar-refractivity contribution is 0.711. The fraction of sp³-hybridized carbons (Fsp3) is 0.143. The molecule has 1 aromatic carbocycles. The van der Waals surface area contributed by atoms with Crippen molar-refractivity contribution in [1.29, 1.82) is 0 Å². The summed E-state index contributed by atoms with van der Waals surface area (Å²) >= 11 is 14.3. The van der Waals surface area contributed by atoms with Crippen LogP contribution in [0, 0.1) is 0 Å². The van der Waals surface area contributed by atoms with E-state index in [4.69, 9.17) is 0 Å². The summed E-state index contributed by atoms with van der Waals surface area (Å²) < 4.78 is 4.71. The van der Waals surface area contributed by atoms with E-state index < -0.39 is 0 Å². The number of thiophene rings is 2. The molecule has 0 aliphatic carbocycles. The van der Waals surface area contributed by atoms with Crippen LogP contribution >= 0.6 is 70.5 Å². The SMILES string of the molecule is CNC(c1cc(Br)c(Br)s1)c1csc2c(Br)cccc12. The zero-order valence-electron chi connectivity index (χ0n) is 10.4. The molecule has 3 rings (SSSR count). The van der Waals surface area contributed by atoms with Gasteiger partial charge in [0.05, 0.1) is 9.83 Å². The third kappa shape index (κ3) is 2.66. The maximum absolute atomic E-state index is 3.63. The molecule has 1 unspecified atom stereocenters. The molecule has 0 saturated heterocycles. The smallest absolute Gasteiger partial charge is 0.0843 e. The lowest BCUT2D eigenvalue weighted by Gasteiger charge is -2.14. The van der Waals surface area contributed by atoms with Crippen molar-refractivity contribution < 1.29 is 0 Å². The molecule has 0 amide bonds. The van der Waals surface area contributed by atoms with Crippen molar-refractivity contribution in [3.8, 4) is 0 Å². The first-order chi connectivity index (χ1) is 9.61. The Morgan fingerprint density at radius 3 is 2.60 bits per heavy atom. The zero-order chi connectivity index (χ0) is 14.3. The second-order valence-corrected chi connectivity index (χ2v) is 9.29. The molecular formula is C14H10Br3NS2. The van der Waals surface area contributed by atoms with E-state index in [1.54, 1.807) is 22.7 Å². The van der Waals surface area contributed by atoms with Gasteiger partial charge in [-0.15, -0.1) is 22.7 Å². The minimum absolute atomic E-state index is 0.214. The highest BCUT2D eigenvalue weighted by Gasteiger charge is 2.20. The Balaban J connectivity index is 2.14. The van der Waals surface area contributed by atoms with Crippen LogP contribution in [0.3, 0.4) is 0 Å². The highest BCUT2D eigenvalue weighted by Crippen LogP contribution is 2.41. The number of rotatable bonds is 3. The molecule has 6 heteroatoms. The molecule has 20 heavy (non-hydrogen) atoms. The van der Waals surface area contributed by atoms with E-state index >= 15 is 0 Å². The monoisotopic (exact) mass is 493 g/mol. The summed E-state index contributed by atoms with van der Waals surface area (Å²) in [6, 6.07) is 8.77. The molecular weight excluding hydrogens is 486 g/mol. The highest BCUT2D eigenvalue weighted by molar-refractivity contribution is 9.13. The average molecular weight is 496 g/mol. The van der Waals surface area contributed by atoms with E-state index in [1.807, 2.05) is 7.05 Å². The zero-order valence-corrected chi connectivity index (χ0v) is 16.8. The van der Waals surface area contributed by atoms with Crippen molar-refractivity contribution in [2.75, 3.05) is 7.05 Å². The Morgan fingerprint density at radius 1 is 1.15 bits per heavy atom. The summed E-state index contributed by atoms with van der Waals surface area (Å²) in [4.78, 5) is 1.30. The molecule has 0 aliphatic heterocycles. The molecule has 0 radical (unpaired) electrons. The molecule has 1 atom stereocenters. The number of benzene rings is 1. The number of halogens is 3. The molecule has 0 spiro atoms. The van der Waals surface area contributed by atoms with Gasteiger partial charge in [0.2, 0.25) is 0 Å². The molecule has 0 saturated carbocycles. The largest absolute Gasteiger partial charge is 0.309 e. The third-order valence-corrected chi connectivity index (χ3v) is 8.42. The second kappa shape index (κ2) is 6.18. The van der Waals surface area contributed by atoms with Gasteiger partial charge >= 0.3 is 0 Å². The van der Waals surface area contributed by atoms with Crippen molar-refractivity contribution in [2.24, 2.45) is 0 Å². The first-order valence-electron chi connectivity index (χ1n) is 5.89. The Morgan fingerprint density at radius 2 is 1.95 bits per heavy atom. The second-order valence-electron chi connectivity index (χ2n) is 4.30. The maximum Gasteiger partial charge on any atom is 0.0843 e. The normalized spacial score (nSPS) is 13.0. The van der Waals surface area contributed by atoms with Crippen molar-refractivity contribution in [2.45, 2.75) is 6.04 Å². The van der Waals surface area contributed by atoms with Crippen LogP contribution in [-0.2, 0) is 0 Å². The highest BCUT2D eigenvalue weighted by atomic mass is 79.9. The molecule has 2 heterocycles. The average Bonchev–Trinajstić information content (AvgIpc) is 2.98. The van der Waals surface area contributed by atoms with Crippen molar-refractivity contribution in [3.63, 3.8) is 0 Å². The van der Waals surface area contributed by atoms with Crippen molar-refractivity contribution in [3.05, 3.63) is 52.8 Å². The number of hydrogen-bond donors (Lipinski definition) is 1. The van der Waals surface area contributed by atoms with Crippen LogP contribution in [-0.4, -0.2) is 7.05 Å². The van der Waals surface area contributed by atoms with Gasteiger partial charge in [0, 0.05) is 18.5 Å². The summed E-state index contributed by atoms with van der Waals surface area (Å²) in [6.07, 6.45) is 0. The van der Waals surface area contributed by atoms with Gasteiger partial charge in [-0.25, -0.2) is 0 Å². The minimum atomic E-state index is 0.214. The number of nitrogens with one attached hydrogen (secondary N) is 1. The van der Waals surface area contributed by atoms with Gasteiger partial charge in [0.25, 0.3) is 0 Å². The van der Waals surface area contributed by atoms with E-state index in [0.29, 0.717) is 0 Å². The van der Waals surface area contributed by atoms with Gasteiger partial charge < -0.3 is 5.32 Å². The van der Waals surface area contributed by atoms with Crippen LogP contribution in [0.5, 0.6) is 0 Å². The maximum atomic E-state index is 3.63. The van der Waals surface area contributed by atoms with E-state index in [1.165, 1.54) is 20.5 Å². The van der Waals surface area contributed by atoms with Gasteiger partial charge in [0.1, 0.15) is 0 Å². The molecule has 2 aromatic heterocycles. The van der Waals surface area contributed by atoms with Crippen molar-refractivity contribution >= 4 is 80.5 Å². The third-order valence-electron chi connectivity index (χ3n) is 3.13. The molecule has 0 aliphatic rings. The fourth-order valence-corrected chi connectivity index (χ4v) is 6.09. The van der Waals surface area contributed by atoms with E-state index in [2.05, 4.69) is 82.8 Å². The molecule has 1 nitrogen and oxygen atoms in total. The van der Waals surface area contributed by atoms with Crippen LogP contribution in [0.4, 0.5) is 0 Å². The number of fused-ring (bicyclic) bond motifs is 1. The fourth-order valence-electron chi connectivity index (χ4n) is 2.22. The van der Waals surface area contributed by atoms with Crippen LogP contribution < -0.4 is 5.32 Å². The topological polar surface area (TPSA) is 12.0 Å². The Kier molecular flexibility index (Phi) is 4.69. The van der Waals surface area contributed by atoms with Gasteiger partial charge in [0.15, 0.2) is 0 Å².